The van der Waals surface area contributed by atoms with Gasteiger partial charge in [0, 0.05) is 13.1 Å². The molecule has 106 valence electrons. The lowest BCUT2D eigenvalue weighted by molar-refractivity contribution is -0.384. The predicted octanol–water partition coefficient (Wildman–Crippen LogP) is 2.66. The summed E-state index contributed by atoms with van der Waals surface area (Å²) in [4.78, 5) is 18.6. The Morgan fingerprint density at radius 3 is 2.58 bits per heavy atom. The summed E-state index contributed by atoms with van der Waals surface area (Å²) in [6.45, 7) is 9.49. The van der Waals surface area contributed by atoms with Crippen LogP contribution in [-0.4, -0.2) is 28.0 Å². The third-order valence-electron chi connectivity index (χ3n) is 2.29. The summed E-state index contributed by atoms with van der Waals surface area (Å²) >= 11 is 0. The molecule has 0 amide bonds. The van der Waals surface area contributed by atoms with Crippen LogP contribution in [0.1, 0.15) is 34.1 Å². The molecule has 19 heavy (non-hydrogen) atoms. The van der Waals surface area contributed by atoms with Crippen molar-refractivity contribution < 1.29 is 4.92 Å². The van der Waals surface area contributed by atoms with Crippen LogP contribution in [0.25, 0.3) is 0 Å². The highest BCUT2D eigenvalue weighted by Gasteiger charge is 2.19. The van der Waals surface area contributed by atoms with Crippen LogP contribution in [0.2, 0.25) is 0 Å². The number of rotatable bonds is 6. The van der Waals surface area contributed by atoms with E-state index in [1.54, 1.807) is 0 Å². The number of hydrogen-bond acceptors (Lipinski definition) is 6. The number of nitro groups is 1. The van der Waals surface area contributed by atoms with Crippen LogP contribution in [0.5, 0.6) is 0 Å². The van der Waals surface area contributed by atoms with Gasteiger partial charge in [-0.25, -0.2) is 4.98 Å². The average Bonchev–Trinajstić information content (AvgIpc) is 2.32. The number of anilines is 2. The van der Waals surface area contributed by atoms with Gasteiger partial charge in [-0.15, -0.1) is 0 Å². The molecule has 0 spiro atoms. The first-order valence-electron chi connectivity index (χ1n) is 6.32. The maximum atomic E-state index is 10.9. The highest BCUT2D eigenvalue weighted by Crippen LogP contribution is 2.23. The van der Waals surface area contributed by atoms with Crippen LogP contribution in [-0.2, 0) is 0 Å². The van der Waals surface area contributed by atoms with E-state index in [1.165, 1.54) is 6.20 Å². The fourth-order valence-corrected chi connectivity index (χ4v) is 1.31. The summed E-state index contributed by atoms with van der Waals surface area (Å²) in [5.74, 6) is 0.664. The van der Waals surface area contributed by atoms with Gasteiger partial charge in [-0.05, 0) is 11.8 Å². The van der Waals surface area contributed by atoms with E-state index in [9.17, 15) is 10.1 Å². The molecule has 0 bridgehead atoms. The third kappa shape index (κ3) is 5.07. The zero-order valence-electron chi connectivity index (χ0n) is 11.9. The van der Waals surface area contributed by atoms with Crippen LogP contribution in [0.4, 0.5) is 17.5 Å². The fourth-order valence-electron chi connectivity index (χ4n) is 1.31. The minimum Gasteiger partial charge on any atom is -0.364 e. The van der Waals surface area contributed by atoms with E-state index in [0.29, 0.717) is 12.5 Å². The van der Waals surface area contributed by atoms with Crippen LogP contribution in [0.3, 0.4) is 0 Å². The molecule has 7 heteroatoms. The third-order valence-corrected chi connectivity index (χ3v) is 2.29. The Kier molecular flexibility index (Phi) is 5.02. The maximum Gasteiger partial charge on any atom is 0.329 e. The predicted molar refractivity (Wildman–Crippen MR) is 75.4 cm³/mol. The highest BCUT2D eigenvalue weighted by atomic mass is 16.6. The zero-order chi connectivity index (χ0) is 14.5. The van der Waals surface area contributed by atoms with Gasteiger partial charge in [-0.1, -0.05) is 27.7 Å². The average molecular weight is 267 g/mol. The van der Waals surface area contributed by atoms with Crippen LogP contribution in [0.15, 0.2) is 6.20 Å². The van der Waals surface area contributed by atoms with Crippen molar-refractivity contribution in [3.05, 3.63) is 16.3 Å². The molecule has 1 aromatic rings. The lowest BCUT2D eigenvalue weighted by atomic mass is 9.97. The van der Waals surface area contributed by atoms with Gasteiger partial charge >= 0.3 is 5.69 Å². The Morgan fingerprint density at radius 2 is 2.05 bits per heavy atom. The molecule has 0 aliphatic heterocycles. The molecule has 1 aromatic heterocycles. The molecule has 0 aliphatic carbocycles. The lowest BCUT2D eigenvalue weighted by Crippen LogP contribution is -2.20. The van der Waals surface area contributed by atoms with Gasteiger partial charge in [-0.3, -0.25) is 10.1 Å². The Labute approximate surface area is 113 Å². The van der Waals surface area contributed by atoms with Gasteiger partial charge in [0.25, 0.3) is 0 Å². The van der Waals surface area contributed by atoms with Gasteiger partial charge in [0.05, 0.1) is 4.92 Å². The van der Waals surface area contributed by atoms with Crippen molar-refractivity contribution in [1.29, 1.82) is 0 Å². The monoisotopic (exact) mass is 267 g/mol. The molecular formula is C12H21N5O2. The van der Waals surface area contributed by atoms with E-state index >= 15 is 0 Å². The molecule has 0 fully saturated rings. The number of hydrogen-bond donors (Lipinski definition) is 2. The largest absolute Gasteiger partial charge is 0.364 e. The second-order valence-electron chi connectivity index (χ2n) is 5.53. The SMILES string of the molecule is CCCNc1ncc([N+](=O)[O-])c(NCC(C)(C)C)n1. The molecule has 0 aliphatic rings. The van der Waals surface area contributed by atoms with E-state index in [1.807, 2.05) is 27.7 Å². The molecule has 2 N–H and O–H groups in total. The first-order chi connectivity index (χ1) is 8.83. The van der Waals surface area contributed by atoms with E-state index in [4.69, 9.17) is 0 Å². The fraction of sp³-hybridized carbons (Fsp3) is 0.667. The summed E-state index contributed by atoms with van der Waals surface area (Å²) in [5, 5.41) is 17.0. The second kappa shape index (κ2) is 6.31. The van der Waals surface area contributed by atoms with Crippen molar-refractivity contribution in [2.24, 2.45) is 5.41 Å². The first kappa shape index (κ1) is 15.1. The van der Waals surface area contributed by atoms with Crippen molar-refractivity contribution in [3.8, 4) is 0 Å². The summed E-state index contributed by atoms with van der Waals surface area (Å²) in [5.41, 5.74) is -0.0955. The molecular weight excluding hydrogens is 246 g/mol. The van der Waals surface area contributed by atoms with Crippen molar-refractivity contribution in [3.63, 3.8) is 0 Å². The number of nitrogens with one attached hydrogen (secondary N) is 2. The van der Waals surface area contributed by atoms with Crippen molar-refractivity contribution in [1.82, 2.24) is 9.97 Å². The molecule has 7 nitrogen and oxygen atoms in total. The molecule has 0 unspecified atom stereocenters. The minimum absolute atomic E-state index is 0.00975. The topological polar surface area (TPSA) is 93.0 Å². The van der Waals surface area contributed by atoms with Crippen molar-refractivity contribution >= 4 is 17.5 Å². The highest BCUT2D eigenvalue weighted by molar-refractivity contribution is 5.57. The molecule has 0 saturated carbocycles. The maximum absolute atomic E-state index is 10.9. The smallest absolute Gasteiger partial charge is 0.329 e. The van der Waals surface area contributed by atoms with Gasteiger partial charge in [0.15, 0.2) is 0 Å². The van der Waals surface area contributed by atoms with Crippen LogP contribution >= 0.6 is 0 Å². The lowest BCUT2D eigenvalue weighted by Gasteiger charge is -2.19. The Morgan fingerprint density at radius 1 is 1.37 bits per heavy atom. The molecule has 1 rings (SSSR count). The normalized spacial score (nSPS) is 11.2. The van der Waals surface area contributed by atoms with Crippen molar-refractivity contribution in [2.45, 2.75) is 34.1 Å². The van der Waals surface area contributed by atoms with E-state index in [2.05, 4.69) is 20.6 Å². The molecule has 0 radical (unpaired) electrons. The van der Waals surface area contributed by atoms with Gasteiger partial charge in [0.2, 0.25) is 11.8 Å². The summed E-state index contributed by atoms with van der Waals surface area (Å²) < 4.78 is 0. The Balaban J connectivity index is 2.92. The summed E-state index contributed by atoms with van der Waals surface area (Å²) in [6.07, 6.45) is 2.17. The van der Waals surface area contributed by atoms with Crippen molar-refractivity contribution in [2.75, 3.05) is 23.7 Å². The van der Waals surface area contributed by atoms with Gasteiger partial charge in [0.1, 0.15) is 6.20 Å². The minimum atomic E-state index is -0.478. The first-order valence-corrected chi connectivity index (χ1v) is 6.32. The Hall–Kier alpha value is -1.92. The zero-order valence-corrected chi connectivity index (χ0v) is 11.9. The second-order valence-corrected chi connectivity index (χ2v) is 5.53. The van der Waals surface area contributed by atoms with Gasteiger partial charge < -0.3 is 10.6 Å². The molecule has 0 atom stereocenters. The van der Waals surface area contributed by atoms with E-state index < -0.39 is 4.92 Å². The standard InChI is InChI=1S/C12H21N5O2/c1-5-6-13-11-14-7-9(17(18)19)10(16-11)15-8-12(2,3)4/h7H,5-6,8H2,1-4H3,(H2,13,14,15,16). The van der Waals surface area contributed by atoms with Gasteiger partial charge in [-0.2, -0.15) is 4.98 Å². The number of aromatic nitrogens is 2. The number of nitrogens with zero attached hydrogens (tertiary/aromatic N) is 3. The Bertz CT molecular complexity index is 442. The molecule has 0 aromatic carbocycles. The quantitative estimate of drug-likeness (QED) is 0.608. The summed E-state index contributed by atoms with van der Waals surface area (Å²) in [7, 11) is 0. The molecule has 1 heterocycles. The van der Waals surface area contributed by atoms with E-state index in [0.717, 1.165) is 13.0 Å². The van der Waals surface area contributed by atoms with E-state index in [-0.39, 0.29) is 16.9 Å². The molecule has 0 saturated heterocycles. The summed E-state index contributed by atoms with van der Waals surface area (Å²) in [6, 6.07) is 0. The van der Waals surface area contributed by atoms with Crippen LogP contribution < -0.4 is 10.6 Å². The van der Waals surface area contributed by atoms with Crippen LogP contribution in [0, 0.1) is 15.5 Å².